The van der Waals surface area contributed by atoms with Gasteiger partial charge in [-0.2, -0.15) is 0 Å². The molecule has 0 aromatic heterocycles. The minimum absolute atomic E-state index is 0. The van der Waals surface area contributed by atoms with E-state index >= 15 is 0 Å². The summed E-state index contributed by atoms with van der Waals surface area (Å²) >= 11 is 0. The van der Waals surface area contributed by atoms with Gasteiger partial charge < -0.3 is 15.4 Å². The molecule has 0 radical (unpaired) electrons. The van der Waals surface area contributed by atoms with Crippen molar-refractivity contribution in [1.82, 2.24) is 4.90 Å². The van der Waals surface area contributed by atoms with E-state index in [2.05, 4.69) is 13.8 Å². The van der Waals surface area contributed by atoms with E-state index in [9.17, 15) is 4.79 Å². The number of halogens is 1. The van der Waals surface area contributed by atoms with Crippen molar-refractivity contribution in [3.63, 3.8) is 0 Å². The third kappa shape index (κ3) is 7.75. The number of nitrogens with two attached hydrogens (primary N) is 1. The van der Waals surface area contributed by atoms with Crippen molar-refractivity contribution < 1.29 is 9.53 Å². The zero-order chi connectivity index (χ0) is 13.4. The van der Waals surface area contributed by atoms with Crippen LogP contribution < -0.4 is 5.73 Å². The molecule has 2 N–H and O–H groups in total. The first-order chi connectivity index (χ1) is 8.63. The summed E-state index contributed by atoms with van der Waals surface area (Å²) in [6.07, 6.45) is 4.87. The van der Waals surface area contributed by atoms with Crippen LogP contribution in [0.25, 0.3) is 0 Å². The minimum Gasteiger partial charge on any atom is -0.378 e. The highest BCUT2D eigenvalue weighted by molar-refractivity contribution is 5.85. The lowest BCUT2D eigenvalue weighted by atomic mass is 10.0. The zero-order valence-corrected chi connectivity index (χ0v) is 13.1. The highest BCUT2D eigenvalue weighted by atomic mass is 35.5. The molecule has 1 saturated heterocycles. The molecule has 0 saturated carbocycles. The largest absolute Gasteiger partial charge is 0.378 e. The summed E-state index contributed by atoms with van der Waals surface area (Å²) in [5.74, 6) is 0.912. The fraction of sp³-hybridized carbons (Fsp3) is 0.929. The van der Waals surface area contributed by atoms with E-state index in [1.165, 1.54) is 0 Å². The Morgan fingerprint density at radius 2 is 2.00 bits per heavy atom. The van der Waals surface area contributed by atoms with Crippen molar-refractivity contribution >= 4 is 18.3 Å². The molecule has 1 amide bonds. The van der Waals surface area contributed by atoms with E-state index in [1.807, 2.05) is 4.90 Å². The molecule has 0 aromatic carbocycles. The first-order valence-electron chi connectivity index (χ1n) is 7.23. The van der Waals surface area contributed by atoms with Gasteiger partial charge in [-0.3, -0.25) is 4.79 Å². The van der Waals surface area contributed by atoms with Crippen LogP contribution in [0.2, 0.25) is 0 Å². The predicted octanol–water partition coefficient (Wildman–Crippen LogP) is 2.20. The van der Waals surface area contributed by atoms with E-state index in [-0.39, 0.29) is 12.4 Å². The monoisotopic (exact) mass is 292 g/mol. The van der Waals surface area contributed by atoms with Gasteiger partial charge in [0, 0.05) is 26.1 Å². The van der Waals surface area contributed by atoms with E-state index in [4.69, 9.17) is 10.5 Å². The maximum atomic E-state index is 11.9. The molecule has 1 aliphatic heterocycles. The van der Waals surface area contributed by atoms with Crippen LogP contribution in [0, 0.1) is 5.92 Å². The number of piperidine rings is 1. The van der Waals surface area contributed by atoms with Gasteiger partial charge in [0.15, 0.2) is 0 Å². The molecule has 19 heavy (non-hydrogen) atoms. The van der Waals surface area contributed by atoms with Gasteiger partial charge in [-0.1, -0.05) is 13.8 Å². The molecule has 0 spiro atoms. The van der Waals surface area contributed by atoms with E-state index in [0.29, 0.717) is 30.9 Å². The number of ether oxygens (including phenoxy) is 1. The summed E-state index contributed by atoms with van der Waals surface area (Å²) in [6, 6.07) is 0. The van der Waals surface area contributed by atoms with Crippen molar-refractivity contribution in [2.45, 2.75) is 52.1 Å². The molecule has 0 aromatic rings. The summed E-state index contributed by atoms with van der Waals surface area (Å²) in [5.41, 5.74) is 5.43. The quantitative estimate of drug-likeness (QED) is 0.732. The van der Waals surface area contributed by atoms with Crippen molar-refractivity contribution in [3.8, 4) is 0 Å². The maximum absolute atomic E-state index is 11.9. The summed E-state index contributed by atoms with van der Waals surface area (Å²) in [6.45, 7) is 7.46. The lowest BCUT2D eigenvalue weighted by Crippen LogP contribution is -2.41. The first kappa shape index (κ1) is 18.7. The smallest absolute Gasteiger partial charge is 0.222 e. The third-order valence-electron chi connectivity index (χ3n) is 3.43. The Bertz CT molecular complexity index is 242. The second-order valence-corrected chi connectivity index (χ2v) is 5.53. The Morgan fingerprint density at radius 3 is 2.53 bits per heavy atom. The van der Waals surface area contributed by atoms with Crippen LogP contribution in [0.5, 0.6) is 0 Å². The number of hydrogen-bond acceptors (Lipinski definition) is 3. The highest BCUT2D eigenvalue weighted by Crippen LogP contribution is 2.16. The summed E-state index contributed by atoms with van der Waals surface area (Å²) < 4.78 is 5.73. The SMILES string of the molecule is CC(C)CCC(=O)N1CCC(OCCCN)CC1.Cl. The molecule has 1 rings (SSSR count). The highest BCUT2D eigenvalue weighted by Gasteiger charge is 2.22. The summed E-state index contributed by atoms with van der Waals surface area (Å²) in [7, 11) is 0. The Morgan fingerprint density at radius 1 is 1.37 bits per heavy atom. The number of amides is 1. The number of rotatable bonds is 7. The molecular weight excluding hydrogens is 264 g/mol. The average Bonchev–Trinajstić information content (AvgIpc) is 2.37. The van der Waals surface area contributed by atoms with Gasteiger partial charge in [-0.05, 0) is 38.1 Å². The van der Waals surface area contributed by atoms with E-state index < -0.39 is 0 Å². The van der Waals surface area contributed by atoms with Crippen LogP contribution in [-0.4, -0.2) is 43.2 Å². The number of carbonyl (C=O) groups is 1. The molecule has 0 atom stereocenters. The standard InChI is InChI=1S/C14H28N2O2.ClH/c1-12(2)4-5-14(17)16-9-6-13(7-10-16)18-11-3-8-15;/h12-13H,3-11,15H2,1-2H3;1H. The number of likely N-dealkylation sites (tertiary alicyclic amines) is 1. The Labute approximate surface area is 123 Å². The van der Waals surface area contributed by atoms with Crippen LogP contribution in [0.3, 0.4) is 0 Å². The second-order valence-electron chi connectivity index (χ2n) is 5.53. The zero-order valence-electron chi connectivity index (χ0n) is 12.3. The molecule has 5 heteroatoms. The third-order valence-corrected chi connectivity index (χ3v) is 3.43. The topological polar surface area (TPSA) is 55.6 Å². The van der Waals surface area contributed by atoms with Crippen molar-refractivity contribution in [3.05, 3.63) is 0 Å². The fourth-order valence-corrected chi connectivity index (χ4v) is 2.18. The van der Waals surface area contributed by atoms with Crippen LogP contribution in [0.1, 0.15) is 46.0 Å². The minimum atomic E-state index is 0. The summed E-state index contributed by atoms with van der Waals surface area (Å²) in [4.78, 5) is 13.9. The van der Waals surface area contributed by atoms with Crippen LogP contribution in [-0.2, 0) is 9.53 Å². The second kappa shape index (κ2) is 10.5. The van der Waals surface area contributed by atoms with Crippen LogP contribution in [0.4, 0.5) is 0 Å². The van der Waals surface area contributed by atoms with Crippen LogP contribution >= 0.6 is 12.4 Å². The first-order valence-corrected chi connectivity index (χ1v) is 7.23. The molecule has 4 nitrogen and oxygen atoms in total. The van der Waals surface area contributed by atoms with Gasteiger partial charge in [0.1, 0.15) is 0 Å². The number of hydrogen-bond donors (Lipinski definition) is 1. The molecule has 1 heterocycles. The van der Waals surface area contributed by atoms with Crippen LogP contribution in [0.15, 0.2) is 0 Å². The van der Waals surface area contributed by atoms with E-state index in [1.54, 1.807) is 0 Å². The maximum Gasteiger partial charge on any atom is 0.222 e. The van der Waals surface area contributed by atoms with Gasteiger partial charge in [-0.15, -0.1) is 12.4 Å². The lowest BCUT2D eigenvalue weighted by molar-refractivity contribution is -0.134. The van der Waals surface area contributed by atoms with Gasteiger partial charge in [0.05, 0.1) is 6.10 Å². The molecule has 1 aliphatic rings. The lowest BCUT2D eigenvalue weighted by Gasteiger charge is -2.32. The van der Waals surface area contributed by atoms with Crippen molar-refractivity contribution in [1.29, 1.82) is 0 Å². The molecule has 114 valence electrons. The van der Waals surface area contributed by atoms with Gasteiger partial charge in [0.25, 0.3) is 0 Å². The molecular formula is C14H29ClN2O2. The Balaban J connectivity index is 0.00000324. The van der Waals surface area contributed by atoms with Gasteiger partial charge >= 0.3 is 0 Å². The van der Waals surface area contributed by atoms with Gasteiger partial charge in [-0.25, -0.2) is 0 Å². The molecule has 0 bridgehead atoms. The Kier molecular flexibility index (Phi) is 10.3. The average molecular weight is 293 g/mol. The van der Waals surface area contributed by atoms with E-state index in [0.717, 1.165) is 45.4 Å². The molecule has 1 fully saturated rings. The fourth-order valence-electron chi connectivity index (χ4n) is 2.18. The number of carbonyl (C=O) groups excluding carboxylic acids is 1. The van der Waals surface area contributed by atoms with Gasteiger partial charge in [0.2, 0.25) is 5.91 Å². The van der Waals surface area contributed by atoms with Crippen molar-refractivity contribution in [2.75, 3.05) is 26.2 Å². The summed E-state index contributed by atoms with van der Waals surface area (Å²) in [5, 5.41) is 0. The van der Waals surface area contributed by atoms with Crippen molar-refractivity contribution in [2.24, 2.45) is 11.7 Å². The number of nitrogens with zero attached hydrogens (tertiary/aromatic N) is 1. The molecule has 0 aliphatic carbocycles. The Hall–Kier alpha value is -0.320. The molecule has 0 unspecified atom stereocenters. The normalized spacial score (nSPS) is 16.5. The predicted molar refractivity (Wildman–Crippen MR) is 80.5 cm³/mol.